The Kier molecular flexibility index (Phi) is 14.7. The molecule has 0 saturated carbocycles. The number of amides is 3. The zero-order valence-corrected chi connectivity index (χ0v) is 25.1. The van der Waals surface area contributed by atoms with E-state index in [2.05, 4.69) is 31.8 Å². The number of ether oxygens (including phenoxy) is 1. The Balaban J connectivity index is 3.14. The van der Waals surface area contributed by atoms with E-state index in [1.807, 2.05) is 0 Å². The number of carbonyl (C=O) groups excluding carboxylic acids is 5. The lowest BCUT2D eigenvalue weighted by atomic mass is 9.78. The highest BCUT2D eigenvalue weighted by molar-refractivity contribution is 5.83. The van der Waals surface area contributed by atoms with Crippen LogP contribution in [0.3, 0.4) is 0 Å². The second-order valence-corrected chi connectivity index (χ2v) is 12.3. The predicted octanol–water partition coefficient (Wildman–Crippen LogP) is 0.198. The van der Waals surface area contributed by atoms with Crippen LogP contribution in [0.25, 0.3) is 0 Å². The lowest BCUT2D eigenvalue weighted by Gasteiger charge is -2.35. The van der Waals surface area contributed by atoms with Gasteiger partial charge in [-0.1, -0.05) is 20.8 Å². The van der Waals surface area contributed by atoms with E-state index >= 15 is 0 Å². The van der Waals surface area contributed by atoms with E-state index in [1.165, 1.54) is 0 Å². The van der Waals surface area contributed by atoms with Gasteiger partial charge in [0, 0.05) is 43.3 Å². The van der Waals surface area contributed by atoms with Crippen LogP contribution in [0, 0.1) is 17.3 Å². The maximum absolute atomic E-state index is 13.2. The topological polar surface area (TPSA) is 162 Å². The van der Waals surface area contributed by atoms with Gasteiger partial charge >= 0.3 is 5.97 Å². The monoisotopic (exact) mass is 571 g/mol. The molecule has 40 heavy (non-hydrogen) atoms. The molecule has 3 amide bonds. The molecule has 1 rings (SSSR count). The number of aliphatic hydroxyl groups is 2. The first-order valence-electron chi connectivity index (χ1n) is 14.2. The van der Waals surface area contributed by atoms with Crippen LogP contribution in [0.15, 0.2) is 0 Å². The molecule has 0 aromatic heterocycles. The van der Waals surface area contributed by atoms with Gasteiger partial charge < -0.3 is 35.0 Å². The molecular formula is C28H51N4O8+. The van der Waals surface area contributed by atoms with E-state index in [4.69, 9.17) is 4.74 Å². The Hall–Kier alpha value is -2.57. The molecule has 0 aliphatic carbocycles. The van der Waals surface area contributed by atoms with Crippen LogP contribution in [-0.4, -0.2) is 116 Å². The molecule has 0 spiro atoms. The van der Waals surface area contributed by atoms with Gasteiger partial charge in [0.1, 0.15) is 6.61 Å². The molecule has 1 saturated heterocycles. The van der Waals surface area contributed by atoms with Crippen LogP contribution in [0.5, 0.6) is 0 Å². The van der Waals surface area contributed by atoms with E-state index in [0.29, 0.717) is 32.4 Å². The molecule has 0 bridgehead atoms. The third kappa shape index (κ3) is 12.3. The Morgan fingerprint density at radius 2 is 1.82 bits per heavy atom. The number of nitrogens with zero attached hydrogens (tertiary/aromatic N) is 2. The molecule has 1 aliphatic heterocycles. The van der Waals surface area contributed by atoms with E-state index in [-0.39, 0.29) is 50.6 Å². The maximum atomic E-state index is 13.2. The second kappa shape index (κ2) is 16.6. The van der Waals surface area contributed by atoms with Crippen molar-refractivity contribution in [2.24, 2.45) is 17.3 Å². The summed E-state index contributed by atoms with van der Waals surface area (Å²) in [7, 11) is 6.23. The number of hydrogen-bond acceptors (Lipinski definition) is 8. The molecule has 12 heteroatoms. The molecule has 4 unspecified atom stereocenters. The largest absolute Gasteiger partial charge is 0.463 e. The van der Waals surface area contributed by atoms with Crippen molar-refractivity contribution in [2.45, 2.75) is 78.0 Å². The van der Waals surface area contributed by atoms with Gasteiger partial charge in [-0.05, 0) is 32.1 Å². The zero-order valence-electron chi connectivity index (χ0n) is 25.1. The summed E-state index contributed by atoms with van der Waals surface area (Å²) < 4.78 is 6.05. The predicted molar refractivity (Wildman–Crippen MR) is 148 cm³/mol. The van der Waals surface area contributed by atoms with Crippen molar-refractivity contribution >= 4 is 30.0 Å². The van der Waals surface area contributed by atoms with Gasteiger partial charge in [-0.2, -0.15) is 0 Å². The van der Waals surface area contributed by atoms with Crippen molar-refractivity contribution in [2.75, 3.05) is 54.0 Å². The van der Waals surface area contributed by atoms with Crippen molar-refractivity contribution in [3.63, 3.8) is 0 Å². The van der Waals surface area contributed by atoms with Crippen LogP contribution < -0.4 is 10.6 Å². The average Bonchev–Trinajstić information content (AvgIpc) is 3.31. The van der Waals surface area contributed by atoms with Crippen molar-refractivity contribution < 1.29 is 43.4 Å². The first-order chi connectivity index (χ1) is 18.6. The summed E-state index contributed by atoms with van der Waals surface area (Å²) in [4.78, 5) is 64.3. The summed E-state index contributed by atoms with van der Waals surface area (Å²) >= 11 is 0. The summed E-state index contributed by atoms with van der Waals surface area (Å²) in [6, 6.07) is -0.505. The maximum Gasteiger partial charge on any atom is 0.309 e. The number of aliphatic hydroxyl groups excluding tert-OH is 2. The van der Waals surface area contributed by atoms with Gasteiger partial charge in [-0.15, -0.1) is 0 Å². The number of likely N-dealkylation sites (tertiary alicyclic amines) is 1. The van der Waals surface area contributed by atoms with Crippen molar-refractivity contribution in [3.05, 3.63) is 0 Å². The second-order valence-electron chi connectivity index (χ2n) is 12.3. The van der Waals surface area contributed by atoms with Crippen LogP contribution in [-0.2, 0) is 28.7 Å². The molecule has 4 N–H and O–H groups in total. The minimum Gasteiger partial charge on any atom is -0.463 e. The molecule has 0 radical (unpaired) electrons. The lowest BCUT2D eigenvalue weighted by Crippen LogP contribution is -2.46. The van der Waals surface area contributed by atoms with Crippen LogP contribution >= 0.6 is 0 Å². The van der Waals surface area contributed by atoms with E-state index < -0.39 is 41.4 Å². The normalized spacial score (nSPS) is 17.1. The minimum atomic E-state index is -1.63. The summed E-state index contributed by atoms with van der Waals surface area (Å²) in [6.45, 7) is 6.64. The highest BCUT2D eigenvalue weighted by atomic mass is 16.5. The average molecular weight is 572 g/mol. The number of nitrogens with one attached hydrogen (secondary N) is 2. The number of hydrogen-bond donors (Lipinski definition) is 4. The SMILES string of the molecule is CCC(CC(CC(CC(C)(C)C(=O)NCCC[N+](C)(C)C)C(=O)OCCO)N1CCCC1=O)C(=O)NC(O)C=O. The van der Waals surface area contributed by atoms with Gasteiger partial charge in [0.05, 0.1) is 40.2 Å². The zero-order chi connectivity index (χ0) is 30.5. The van der Waals surface area contributed by atoms with Crippen molar-refractivity contribution in [1.29, 1.82) is 0 Å². The molecule has 230 valence electrons. The third-order valence-electron chi connectivity index (χ3n) is 7.28. The van der Waals surface area contributed by atoms with Gasteiger partial charge in [0.15, 0.2) is 12.5 Å². The number of aldehydes is 1. The number of carbonyl (C=O) groups is 5. The smallest absolute Gasteiger partial charge is 0.309 e. The van der Waals surface area contributed by atoms with E-state index in [9.17, 15) is 34.2 Å². The lowest BCUT2D eigenvalue weighted by molar-refractivity contribution is -0.870. The van der Waals surface area contributed by atoms with Crippen molar-refractivity contribution in [3.8, 4) is 0 Å². The van der Waals surface area contributed by atoms with Gasteiger partial charge in [-0.25, -0.2) is 0 Å². The van der Waals surface area contributed by atoms with Crippen LogP contribution in [0.2, 0.25) is 0 Å². The van der Waals surface area contributed by atoms with Crippen LogP contribution in [0.4, 0.5) is 0 Å². The summed E-state index contributed by atoms with van der Waals surface area (Å²) in [5, 5.41) is 24.0. The number of esters is 1. The first kappa shape index (κ1) is 35.5. The van der Waals surface area contributed by atoms with Gasteiger partial charge in [-0.3, -0.25) is 24.0 Å². The van der Waals surface area contributed by atoms with Crippen molar-refractivity contribution in [1.82, 2.24) is 15.5 Å². The van der Waals surface area contributed by atoms with Gasteiger partial charge in [0.2, 0.25) is 17.7 Å². The Bertz CT molecular complexity index is 858. The standard InChI is InChI=1S/C28H50N4O8/c1-7-20(25(37)30-23(35)19-34)16-22(31-12-8-10-24(31)36)17-21(26(38)40-15-14-33)18-28(2,3)27(39)29-11-9-13-32(4,5)6/h19-23,33,35H,7-18H2,1-6H3,(H-,29,30,37,39)/p+1. The molecule has 0 aromatic rings. The summed E-state index contributed by atoms with van der Waals surface area (Å²) in [5.74, 6) is -2.78. The molecule has 1 aliphatic rings. The summed E-state index contributed by atoms with van der Waals surface area (Å²) in [5.41, 5.74) is -0.936. The number of rotatable bonds is 19. The molecule has 4 atom stereocenters. The molecule has 1 heterocycles. The van der Waals surface area contributed by atoms with Crippen LogP contribution in [0.1, 0.15) is 65.7 Å². The quantitative estimate of drug-likeness (QED) is 0.0562. The molecule has 1 fully saturated rings. The Morgan fingerprint density at radius 1 is 1.18 bits per heavy atom. The summed E-state index contributed by atoms with van der Waals surface area (Å²) in [6.07, 6.45) is 1.31. The van der Waals surface area contributed by atoms with E-state index in [1.54, 1.807) is 25.7 Å². The molecular weight excluding hydrogens is 520 g/mol. The fraction of sp³-hybridized carbons (Fsp3) is 0.821. The number of quaternary nitrogens is 1. The molecule has 0 aromatic carbocycles. The highest BCUT2D eigenvalue weighted by Crippen LogP contribution is 2.33. The minimum absolute atomic E-state index is 0.0788. The fourth-order valence-electron chi connectivity index (χ4n) is 5.05. The molecule has 12 nitrogen and oxygen atoms in total. The van der Waals surface area contributed by atoms with Gasteiger partial charge in [0.25, 0.3) is 0 Å². The fourth-order valence-corrected chi connectivity index (χ4v) is 5.05. The van der Waals surface area contributed by atoms with E-state index in [0.717, 1.165) is 17.4 Å². The first-order valence-corrected chi connectivity index (χ1v) is 14.2. The Labute approximate surface area is 238 Å². The highest BCUT2D eigenvalue weighted by Gasteiger charge is 2.39. The third-order valence-corrected chi connectivity index (χ3v) is 7.28. The Morgan fingerprint density at radius 3 is 2.35 bits per heavy atom.